The first-order chi connectivity index (χ1) is 5.36. The van der Waals surface area contributed by atoms with Gasteiger partial charge in [-0.05, 0) is 29.3 Å². The van der Waals surface area contributed by atoms with E-state index in [1.165, 1.54) is 5.56 Å². The fourth-order valence-corrected chi connectivity index (χ4v) is 1.17. The molecule has 2 nitrogen and oxygen atoms in total. The molecule has 0 unspecified atom stereocenters. The maximum Gasteiger partial charge on any atom is 0.113 e. The van der Waals surface area contributed by atoms with E-state index < -0.39 is 0 Å². The maximum absolute atomic E-state index is 5.60. The summed E-state index contributed by atoms with van der Waals surface area (Å²) in [4.78, 5) is 0. The first-order valence-corrected chi connectivity index (χ1v) is 3.53. The van der Waals surface area contributed by atoms with Crippen LogP contribution in [0.5, 0.6) is 0 Å². The lowest BCUT2D eigenvalue weighted by Crippen LogP contribution is -1.97. The summed E-state index contributed by atoms with van der Waals surface area (Å²) in [6, 6.07) is 5.84. The minimum absolute atomic E-state index is 0.636. The lowest BCUT2D eigenvalue weighted by molar-refractivity contribution is 0.234. The van der Waals surface area contributed by atoms with E-state index in [-0.39, 0.29) is 0 Å². The van der Waals surface area contributed by atoms with E-state index in [4.69, 9.17) is 10.5 Å². The molecular formula is C9H9NO. The van der Waals surface area contributed by atoms with E-state index in [0.29, 0.717) is 6.61 Å². The van der Waals surface area contributed by atoms with Gasteiger partial charge in [0.25, 0.3) is 0 Å². The van der Waals surface area contributed by atoms with Crippen LogP contribution < -0.4 is 5.73 Å². The Labute approximate surface area is 65.3 Å². The zero-order valence-electron chi connectivity index (χ0n) is 6.08. The number of nitrogens with two attached hydrogens (primary N) is 1. The Morgan fingerprint density at radius 1 is 1.36 bits per heavy atom. The van der Waals surface area contributed by atoms with Crippen molar-refractivity contribution in [1.29, 1.82) is 0 Å². The highest BCUT2D eigenvalue weighted by Crippen LogP contribution is 2.19. The molecule has 0 aromatic heterocycles. The third-order valence-electron chi connectivity index (χ3n) is 1.75. The standard InChI is InChI=1S/C9H9NO/c10-9-2-1-7-3-4-11-6-8(7)5-9/h1-5H,6,10H2. The van der Waals surface area contributed by atoms with Crippen LogP contribution in [-0.4, -0.2) is 0 Å². The molecule has 0 saturated carbocycles. The van der Waals surface area contributed by atoms with Crippen LogP contribution in [0.1, 0.15) is 11.1 Å². The van der Waals surface area contributed by atoms with E-state index in [1.807, 2.05) is 24.3 Å². The van der Waals surface area contributed by atoms with Gasteiger partial charge in [0.2, 0.25) is 0 Å². The summed E-state index contributed by atoms with van der Waals surface area (Å²) in [5.74, 6) is 0. The Morgan fingerprint density at radius 2 is 2.27 bits per heavy atom. The molecule has 0 radical (unpaired) electrons. The summed E-state index contributed by atoms with van der Waals surface area (Å²) >= 11 is 0. The number of rotatable bonds is 0. The normalized spacial score (nSPS) is 13.8. The minimum Gasteiger partial charge on any atom is -0.496 e. The predicted molar refractivity (Wildman–Crippen MR) is 44.7 cm³/mol. The fourth-order valence-electron chi connectivity index (χ4n) is 1.17. The van der Waals surface area contributed by atoms with Crippen molar-refractivity contribution in [2.45, 2.75) is 6.61 Å². The highest BCUT2D eigenvalue weighted by molar-refractivity contribution is 5.58. The molecule has 1 aliphatic rings. The van der Waals surface area contributed by atoms with Gasteiger partial charge < -0.3 is 10.5 Å². The SMILES string of the molecule is Nc1ccc2c(c1)COC=C2. The molecule has 2 heteroatoms. The second kappa shape index (κ2) is 2.31. The first kappa shape index (κ1) is 6.28. The molecule has 0 amide bonds. The summed E-state index contributed by atoms with van der Waals surface area (Å²) in [7, 11) is 0. The summed E-state index contributed by atoms with van der Waals surface area (Å²) in [5, 5.41) is 0. The zero-order chi connectivity index (χ0) is 7.68. The first-order valence-electron chi connectivity index (χ1n) is 3.53. The van der Waals surface area contributed by atoms with E-state index in [9.17, 15) is 0 Å². The molecule has 11 heavy (non-hydrogen) atoms. The van der Waals surface area contributed by atoms with Gasteiger partial charge in [-0.25, -0.2) is 0 Å². The van der Waals surface area contributed by atoms with Crippen molar-refractivity contribution >= 4 is 11.8 Å². The van der Waals surface area contributed by atoms with Gasteiger partial charge in [-0.15, -0.1) is 0 Å². The van der Waals surface area contributed by atoms with Crippen LogP contribution in [0.3, 0.4) is 0 Å². The van der Waals surface area contributed by atoms with Gasteiger partial charge in [0, 0.05) is 5.69 Å². The molecule has 2 rings (SSSR count). The number of hydrogen-bond donors (Lipinski definition) is 1. The second-order valence-corrected chi connectivity index (χ2v) is 2.57. The summed E-state index contributed by atoms with van der Waals surface area (Å²) < 4.78 is 5.11. The van der Waals surface area contributed by atoms with Crippen LogP contribution in [-0.2, 0) is 11.3 Å². The number of ether oxygens (including phenoxy) is 1. The Bertz CT molecular complexity index is 304. The molecule has 1 aliphatic heterocycles. The molecule has 2 N–H and O–H groups in total. The van der Waals surface area contributed by atoms with Crippen molar-refractivity contribution in [3.05, 3.63) is 35.6 Å². The van der Waals surface area contributed by atoms with E-state index in [1.54, 1.807) is 6.26 Å². The van der Waals surface area contributed by atoms with Gasteiger partial charge in [0.05, 0.1) is 6.26 Å². The third-order valence-corrected chi connectivity index (χ3v) is 1.75. The van der Waals surface area contributed by atoms with E-state index >= 15 is 0 Å². The number of nitrogen functional groups attached to an aromatic ring is 1. The number of anilines is 1. The van der Waals surface area contributed by atoms with Crippen molar-refractivity contribution < 1.29 is 4.74 Å². The second-order valence-electron chi connectivity index (χ2n) is 2.57. The smallest absolute Gasteiger partial charge is 0.113 e. The van der Waals surface area contributed by atoms with E-state index in [2.05, 4.69) is 0 Å². The third kappa shape index (κ3) is 1.07. The summed E-state index contributed by atoms with van der Waals surface area (Å²) in [6.45, 7) is 0.636. The van der Waals surface area contributed by atoms with Gasteiger partial charge in [-0.1, -0.05) is 6.07 Å². The summed E-state index contributed by atoms with van der Waals surface area (Å²) in [5.41, 5.74) is 8.76. The Kier molecular flexibility index (Phi) is 1.32. The predicted octanol–water partition coefficient (Wildman–Crippen LogP) is 1.77. The quantitative estimate of drug-likeness (QED) is 0.567. The van der Waals surface area contributed by atoms with Crippen molar-refractivity contribution in [2.75, 3.05) is 5.73 Å². The molecule has 0 fully saturated rings. The van der Waals surface area contributed by atoms with Crippen LogP contribution in [0.25, 0.3) is 6.08 Å². The molecule has 0 spiro atoms. The average molecular weight is 147 g/mol. The molecule has 0 atom stereocenters. The van der Waals surface area contributed by atoms with Crippen LogP contribution in [0.4, 0.5) is 5.69 Å². The van der Waals surface area contributed by atoms with Crippen molar-refractivity contribution in [1.82, 2.24) is 0 Å². The Morgan fingerprint density at radius 3 is 3.18 bits per heavy atom. The Hall–Kier alpha value is -1.44. The van der Waals surface area contributed by atoms with Crippen molar-refractivity contribution in [3.8, 4) is 0 Å². The molecule has 56 valence electrons. The molecule has 0 aliphatic carbocycles. The molecule has 0 saturated heterocycles. The van der Waals surface area contributed by atoms with Crippen molar-refractivity contribution in [3.63, 3.8) is 0 Å². The molecule has 1 aromatic rings. The minimum atomic E-state index is 0.636. The lowest BCUT2D eigenvalue weighted by atomic mass is 10.1. The number of hydrogen-bond acceptors (Lipinski definition) is 2. The average Bonchev–Trinajstić information content (AvgIpc) is 2.04. The molecule has 1 heterocycles. The van der Waals surface area contributed by atoms with Crippen LogP contribution in [0, 0.1) is 0 Å². The van der Waals surface area contributed by atoms with Crippen LogP contribution in [0.2, 0.25) is 0 Å². The molecular weight excluding hydrogens is 138 g/mol. The number of benzene rings is 1. The maximum atomic E-state index is 5.60. The zero-order valence-corrected chi connectivity index (χ0v) is 6.08. The van der Waals surface area contributed by atoms with Gasteiger partial charge in [0.15, 0.2) is 0 Å². The van der Waals surface area contributed by atoms with Gasteiger partial charge in [-0.2, -0.15) is 0 Å². The monoisotopic (exact) mass is 147 g/mol. The van der Waals surface area contributed by atoms with Gasteiger partial charge in [0.1, 0.15) is 6.61 Å². The highest BCUT2D eigenvalue weighted by atomic mass is 16.5. The summed E-state index contributed by atoms with van der Waals surface area (Å²) in [6.07, 6.45) is 3.65. The van der Waals surface area contributed by atoms with Crippen LogP contribution in [0.15, 0.2) is 24.5 Å². The molecule has 0 bridgehead atoms. The Balaban J connectivity index is 2.53. The largest absolute Gasteiger partial charge is 0.496 e. The van der Waals surface area contributed by atoms with E-state index in [0.717, 1.165) is 11.3 Å². The van der Waals surface area contributed by atoms with Gasteiger partial charge >= 0.3 is 0 Å². The highest BCUT2D eigenvalue weighted by Gasteiger charge is 2.03. The van der Waals surface area contributed by atoms with Crippen molar-refractivity contribution in [2.24, 2.45) is 0 Å². The van der Waals surface area contributed by atoms with Gasteiger partial charge in [-0.3, -0.25) is 0 Å². The number of fused-ring (bicyclic) bond motifs is 1. The topological polar surface area (TPSA) is 35.2 Å². The lowest BCUT2D eigenvalue weighted by Gasteiger charge is -2.11. The fraction of sp³-hybridized carbons (Fsp3) is 0.111. The van der Waals surface area contributed by atoms with Crippen LogP contribution >= 0.6 is 0 Å². The molecule has 1 aromatic carbocycles.